The highest BCUT2D eigenvalue weighted by molar-refractivity contribution is 5.64. The second kappa shape index (κ2) is 8.49. The molecule has 0 unspecified atom stereocenters. The number of pyridine rings is 2. The molecule has 6 heteroatoms. The van der Waals surface area contributed by atoms with Crippen molar-refractivity contribution in [3.63, 3.8) is 0 Å². The van der Waals surface area contributed by atoms with Crippen molar-refractivity contribution in [2.45, 2.75) is 12.6 Å². The van der Waals surface area contributed by atoms with Gasteiger partial charge in [0.2, 0.25) is 0 Å². The number of piperazine rings is 1. The van der Waals surface area contributed by atoms with Gasteiger partial charge in [-0.3, -0.25) is 19.2 Å². The van der Waals surface area contributed by atoms with E-state index in [1.807, 2.05) is 24.5 Å². The summed E-state index contributed by atoms with van der Waals surface area (Å²) in [4.78, 5) is 14.1. The molecule has 0 spiro atoms. The number of ether oxygens (including phenoxy) is 1. The van der Waals surface area contributed by atoms with E-state index in [1.165, 1.54) is 5.56 Å². The number of nitrogens with zero attached hydrogens (tertiary/aromatic N) is 5. The fraction of sp³-hybridized carbons (Fsp3) is 0.280. The van der Waals surface area contributed by atoms with Crippen molar-refractivity contribution in [3.8, 4) is 17.0 Å². The van der Waals surface area contributed by atoms with E-state index in [4.69, 9.17) is 9.72 Å². The molecule has 1 aromatic carbocycles. The van der Waals surface area contributed by atoms with E-state index in [0.717, 1.165) is 54.5 Å². The SMILES string of the molecule is COc1ccc(-c2cccc3nc([C@H]4CN(Cc5ccncc5)CCN4C)cn23)cc1. The van der Waals surface area contributed by atoms with Crippen LogP contribution >= 0.6 is 0 Å². The van der Waals surface area contributed by atoms with Crippen LogP contribution in [-0.2, 0) is 6.54 Å². The van der Waals surface area contributed by atoms with Gasteiger partial charge >= 0.3 is 0 Å². The molecule has 0 amide bonds. The van der Waals surface area contributed by atoms with Crippen LogP contribution < -0.4 is 4.74 Å². The number of rotatable bonds is 5. The summed E-state index contributed by atoms with van der Waals surface area (Å²) in [5.41, 5.74) is 5.67. The minimum atomic E-state index is 0.263. The molecular weight excluding hydrogens is 386 g/mol. The van der Waals surface area contributed by atoms with Gasteiger partial charge in [0.05, 0.1) is 24.5 Å². The van der Waals surface area contributed by atoms with Gasteiger partial charge in [-0.05, 0) is 66.7 Å². The fourth-order valence-electron chi connectivity index (χ4n) is 4.33. The summed E-state index contributed by atoms with van der Waals surface area (Å²) < 4.78 is 7.51. The van der Waals surface area contributed by atoms with Gasteiger partial charge < -0.3 is 4.74 Å². The van der Waals surface area contributed by atoms with E-state index >= 15 is 0 Å². The predicted octanol–water partition coefficient (Wildman–Crippen LogP) is 3.89. The number of imidazole rings is 1. The summed E-state index contributed by atoms with van der Waals surface area (Å²) in [6.07, 6.45) is 5.93. The molecule has 1 saturated heterocycles. The Labute approximate surface area is 182 Å². The summed E-state index contributed by atoms with van der Waals surface area (Å²) in [6, 6.07) is 18.9. The molecular formula is C25H27N5O. The number of hydrogen-bond donors (Lipinski definition) is 0. The lowest BCUT2D eigenvalue weighted by molar-refractivity contribution is 0.0885. The highest BCUT2D eigenvalue weighted by atomic mass is 16.5. The molecule has 31 heavy (non-hydrogen) atoms. The fourth-order valence-corrected chi connectivity index (χ4v) is 4.33. The molecule has 1 fully saturated rings. The molecule has 4 aromatic rings. The Hall–Kier alpha value is -3.22. The van der Waals surface area contributed by atoms with Crippen LogP contribution in [0.4, 0.5) is 0 Å². The zero-order chi connectivity index (χ0) is 21.2. The minimum absolute atomic E-state index is 0.263. The number of hydrogen-bond acceptors (Lipinski definition) is 5. The maximum Gasteiger partial charge on any atom is 0.137 e. The van der Waals surface area contributed by atoms with Gasteiger partial charge in [-0.1, -0.05) is 6.07 Å². The lowest BCUT2D eigenvalue weighted by atomic mass is 10.1. The molecule has 158 valence electrons. The summed E-state index contributed by atoms with van der Waals surface area (Å²) in [7, 11) is 3.89. The molecule has 1 atom stereocenters. The molecule has 0 radical (unpaired) electrons. The first-order valence-corrected chi connectivity index (χ1v) is 10.7. The maximum absolute atomic E-state index is 5.31. The Morgan fingerprint density at radius 2 is 1.81 bits per heavy atom. The van der Waals surface area contributed by atoms with Crippen LogP contribution in [0.25, 0.3) is 16.9 Å². The van der Waals surface area contributed by atoms with Crippen LogP contribution in [0.15, 0.2) is 73.2 Å². The van der Waals surface area contributed by atoms with Crippen LogP contribution in [0.1, 0.15) is 17.3 Å². The number of benzene rings is 1. The molecule has 0 N–H and O–H groups in total. The zero-order valence-electron chi connectivity index (χ0n) is 18.0. The monoisotopic (exact) mass is 413 g/mol. The lowest BCUT2D eigenvalue weighted by Gasteiger charge is -2.38. The first kappa shape index (κ1) is 19.7. The molecule has 3 aromatic heterocycles. The molecule has 6 nitrogen and oxygen atoms in total. The van der Waals surface area contributed by atoms with E-state index in [-0.39, 0.29) is 6.04 Å². The van der Waals surface area contributed by atoms with Gasteiger partial charge in [0.1, 0.15) is 11.4 Å². The third-order valence-electron chi connectivity index (χ3n) is 6.13. The second-order valence-corrected chi connectivity index (χ2v) is 8.12. The largest absolute Gasteiger partial charge is 0.497 e. The topological polar surface area (TPSA) is 45.9 Å². The van der Waals surface area contributed by atoms with Crippen LogP contribution in [0, 0.1) is 0 Å². The van der Waals surface area contributed by atoms with E-state index in [0.29, 0.717) is 0 Å². The Morgan fingerprint density at radius 1 is 1.00 bits per heavy atom. The van der Waals surface area contributed by atoms with Crippen LogP contribution in [0.3, 0.4) is 0 Å². The Morgan fingerprint density at radius 3 is 2.58 bits per heavy atom. The van der Waals surface area contributed by atoms with E-state index in [9.17, 15) is 0 Å². The molecule has 0 saturated carbocycles. The first-order chi connectivity index (χ1) is 15.2. The summed E-state index contributed by atoms with van der Waals surface area (Å²) >= 11 is 0. The summed E-state index contributed by atoms with van der Waals surface area (Å²) in [6.45, 7) is 3.98. The van der Waals surface area contributed by atoms with Gasteiger partial charge in [-0.2, -0.15) is 0 Å². The average Bonchev–Trinajstić information content (AvgIpc) is 3.25. The van der Waals surface area contributed by atoms with Gasteiger partial charge in [-0.15, -0.1) is 0 Å². The van der Waals surface area contributed by atoms with E-state index < -0.39 is 0 Å². The van der Waals surface area contributed by atoms with Crippen molar-refractivity contribution >= 4 is 5.65 Å². The molecule has 0 bridgehead atoms. The number of methoxy groups -OCH3 is 1. The van der Waals surface area contributed by atoms with Crippen molar-refractivity contribution in [3.05, 3.63) is 84.4 Å². The van der Waals surface area contributed by atoms with Crippen LogP contribution in [0.5, 0.6) is 5.75 Å². The third kappa shape index (κ3) is 4.04. The highest BCUT2D eigenvalue weighted by Crippen LogP contribution is 2.28. The van der Waals surface area contributed by atoms with Gasteiger partial charge in [0, 0.05) is 44.8 Å². The Balaban J connectivity index is 1.43. The number of fused-ring (bicyclic) bond motifs is 1. The van der Waals surface area contributed by atoms with Crippen molar-refractivity contribution in [2.24, 2.45) is 0 Å². The molecule has 4 heterocycles. The molecule has 1 aliphatic rings. The average molecular weight is 414 g/mol. The van der Waals surface area contributed by atoms with Crippen molar-refractivity contribution < 1.29 is 4.74 Å². The predicted molar refractivity (Wildman–Crippen MR) is 122 cm³/mol. The molecule has 5 rings (SSSR count). The zero-order valence-corrected chi connectivity index (χ0v) is 18.0. The van der Waals surface area contributed by atoms with Gasteiger partial charge in [-0.25, -0.2) is 4.98 Å². The Kier molecular flexibility index (Phi) is 5.40. The normalized spacial score (nSPS) is 17.8. The van der Waals surface area contributed by atoms with Crippen molar-refractivity contribution in [1.29, 1.82) is 0 Å². The van der Waals surface area contributed by atoms with Crippen LogP contribution in [-0.4, -0.2) is 58.0 Å². The number of likely N-dealkylation sites (N-methyl/N-ethyl adjacent to an activating group) is 1. The minimum Gasteiger partial charge on any atom is -0.497 e. The van der Waals surface area contributed by atoms with Gasteiger partial charge in [0.15, 0.2) is 0 Å². The lowest BCUT2D eigenvalue weighted by Crippen LogP contribution is -2.46. The second-order valence-electron chi connectivity index (χ2n) is 8.12. The summed E-state index contributed by atoms with van der Waals surface area (Å²) in [5.74, 6) is 0.861. The first-order valence-electron chi connectivity index (χ1n) is 10.7. The van der Waals surface area contributed by atoms with E-state index in [1.54, 1.807) is 7.11 Å². The number of aromatic nitrogens is 3. The third-order valence-corrected chi connectivity index (χ3v) is 6.13. The van der Waals surface area contributed by atoms with Crippen LogP contribution in [0.2, 0.25) is 0 Å². The highest BCUT2D eigenvalue weighted by Gasteiger charge is 2.28. The molecule has 0 aliphatic carbocycles. The standard InChI is InChI=1S/C25H27N5O/c1-28-14-15-29(16-19-10-12-26-13-11-19)18-24(28)22-17-30-23(4-3-5-25(30)27-22)20-6-8-21(31-2)9-7-20/h3-13,17,24H,14-16,18H2,1-2H3/t24-/m1/s1. The smallest absolute Gasteiger partial charge is 0.137 e. The van der Waals surface area contributed by atoms with Crippen molar-refractivity contribution in [2.75, 3.05) is 33.8 Å². The maximum atomic E-state index is 5.31. The quantitative estimate of drug-likeness (QED) is 0.497. The van der Waals surface area contributed by atoms with E-state index in [2.05, 4.69) is 74.9 Å². The van der Waals surface area contributed by atoms with Gasteiger partial charge in [0.25, 0.3) is 0 Å². The molecule has 1 aliphatic heterocycles. The summed E-state index contributed by atoms with van der Waals surface area (Å²) in [5, 5.41) is 0. The Bertz CT molecular complexity index is 1160. The van der Waals surface area contributed by atoms with Crippen molar-refractivity contribution in [1.82, 2.24) is 24.2 Å².